The number of nitrogens with one attached hydrogen (secondary N) is 2. The van der Waals surface area contributed by atoms with E-state index in [4.69, 9.17) is 9.47 Å². The lowest BCUT2D eigenvalue weighted by Crippen LogP contribution is -2.14. The fraction of sp³-hybridized carbons (Fsp3) is 0.351. The Morgan fingerprint density at radius 3 is 2.73 bits per heavy atom. The number of hydrogen-bond donors (Lipinski definition) is 2. The Kier molecular flexibility index (Phi) is 10.2. The van der Waals surface area contributed by atoms with Gasteiger partial charge in [-0.25, -0.2) is 22.2 Å². The number of hydrogen-bond acceptors (Lipinski definition) is 6. The first-order valence-corrected chi connectivity index (χ1v) is 18.3. The number of aromatic nitrogens is 3. The molecule has 3 heterocycles. The molecule has 5 aromatic rings. The Hall–Kier alpha value is -4.51. The molecule has 6 rings (SSSR count). The molecule has 0 saturated carbocycles. The van der Waals surface area contributed by atoms with E-state index in [0.29, 0.717) is 41.7 Å². The van der Waals surface area contributed by atoms with E-state index in [9.17, 15) is 13.2 Å². The number of H-pyrrole nitrogens is 2. The zero-order chi connectivity index (χ0) is 33.7. The van der Waals surface area contributed by atoms with E-state index < -0.39 is 21.5 Å². The van der Waals surface area contributed by atoms with Crippen LogP contribution in [0.4, 0.5) is 8.78 Å². The molecule has 3 aromatic carbocycles. The highest BCUT2D eigenvalue weighted by atomic mass is 32.2. The molecule has 48 heavy (non-hydrogen) atoms. The topological polar surface area (TPSA) is 114 Å². The molecule has 1 unspecified atom stereocenters. The summed E-state index contributed by atoms with van der Waals surface area (Å²) < 4.78 is 68.2. The number of imidazole rings is 1. The Balaban J connectivity index is 1.37. The van der Waals surface area contributed by atoms with Gasteiger partial charge in [-0.2, -0.15) is 0 Å². The van der Waals surface area contributed by atoms with Crippen molar-refractivity contribution in [3.05, 3.63) is 101 Å². The number of aromatic amines is 2. The van der Waals surface area contributed by atoms with Crippen molar-refractivity contribution >= 4 is 26.7 Å². The summed E-state index contributed by atoms with van der Waals surface area (Å²) in [5, 5.41) is 0.668. The summed E-state index contributed by atoms with van der Waals surface area (Å²) in [6.07, 6.45) is 7.96. The number of ether oxygens (including phenoxy) is 2. The van der Waals surface area contributed by atoms with Crippen molar-refractivity contribution in [3.8, 4) is 22.9 Å². The van der Waals surface area contributed by atoms with Gasteiger partial charge in [-0.15, -0.1) is 0 Å². The molecule has 0 fully saturated rings. The number of fused-ring (bicyclic) bond motifs is 8. The van der Waals surface area contributed by atoms with Crippen LogP contribution in [-0.4, -0.2) is 47.5 Å². The SMILES string of the molecule is CCOC(=O)CCc1cccc(C2CCCCCCS(=O)(=O)CCc3c(c(F)cc4[nH]ccc34)Oc3ccc(F)c(c3)-c3ncc2[nH]3)c1. The summed E-state index contributed by atoms with van der Waals surface area (Å²) >= 11 is 0. The van der Waals surface area contributed by atoms with Crippen molar-refractivity contribution in [1.82, 2.24) is 15.0 Å². The van der Waals surface area contributed by atoms with Gasteiger partial charge in [0.25, 0.3) is 0 Å². The van der Waals surface area contributed by atoms with Crippen LogP contribution in [0.1, 0.15) is 73.8 Å². The summed E-state index contributed by atoms with van der Waals surface area (Å²) in [4.78, 5) is 22.9. The normalized spacial score (nSPS) is 17.0. The second-order valence-electron chi connectivity index (χ2n) is 12.2. The van der Waals surface area contributed by atoms with E-state index in [1.807, 2.05) is 18.2 Å². The molecule has 0 aliphatic carbocycles. The first-order valence-electron chi connectivity index (χ1n) is 16.5. The third-order valence-corrected chi connectivity index (χ3v) is 10.6. The molecule has 1 atom stereocenters. The van der Waals surface area contributed by atoms with Gasteiger partial charge in [0.05, 0.1) is 23.7 Å². The molecule has 1 aliphatic rings. The number of carbonyl (C=O) groups excluding carboxylic acids is 1. The molecule has 0 radical (unpaired) electrons. The van der Waals surface area contributed by atoms with Crippen LogP contribution in [0.5, 0.6) is 11.5 Å². The van der Waals surface area contributed by atoms with Crippen molar-refractivity contribution in [3.63, 3.8) is 0 Å². The highest BCUT2D eigenvalue weighted by Crippen LogP contribution is 2.37. The van der Waals surface area contributed by atoms with Gasteiger partial charge < -0.3 is 19.4 Å². The number of nitrogens with zero attached hydrogens (tertiary/aromatic N) is 1. The third-order valence-electron chi connectivity index (χ3n) is 8.89. The minimum absolute atomic E-state index is 0.0476. The average molecular weight is 676 g/mol. The van der Waals surface area contributed by atoms with E-state index in [1.54, 1.807) is 25.4 Å². The molecule has 11 heteroatoms. The Morgan fingerprint density at radius 2 is 1.88 bits per heavy atom. The molecular formula is C37H39F2N3O5S. The lowest BCUT2D eigenvalue weighted by molar-refractivity contribution is -0.143. The summed E-state index contributed by atoms with van der Waals surface area (Å²) in [6, 6.07) is 15.3. The molecule has 2 aromatic heterocycles. The standard InChI is InChI=1S/C37H39F2N3O5S/c1-2-46-35(43)14-11-24-8-7-9-25(20-24)27-10-5-3-4-6-18-48(44,45)19-16-29-28-15-17-40-33(28)22-32(39)36(29)47-26-12-13-31(38)30(21-26)37-41-23-34(27)42-37/h7-9,12-13,15,17,20-23,27,40H,2-6,10-11,14,16,18-19H2,1H3,(H,41,42). The van der Waals surface area contributed by atoms with E-state index >= 15 is 8.78 Å². The van der Waals surface area contributed by atoms with Crippen LogP contribution in [0.2, 0.25) is 0 Å². The maximum absolute atomic E-state index is 15.5. The van der Waals surface area contributed by atoms with Crippen LogP contribution >= 0.6 is 0 Å². The van der Waals surface area contributed by atoms with E-state index in [0.717, 1.165) is 42.5 Å². The number of sulfone groups is 1. The molecule has 0 amide bonds. The zero-order valence-electron chi connectivity index (χ0n) is 26.9. The number of rotatable bonds is 5. The lowest BCUT2D eigenvalue weighted by atomic mass is 9.89. The summed E-state index contributed by atoms with van der Waals surface area (Å²) in [5.41, 5.74) is 3.96. The first-order chi connectivity index (χ1) is 23.2. The maximum atomic E-state index is 15.5. The summed E-state index contributed by atoms with van der Waals surface area (Å²) in [5.74, 6) is -1.22. The summed E-state index contributed by atoms with van der Waals surface area (Å²) in [6.45, 7) is 2.12. The van der Waals surface area contributed by atoms with Crippen LogP contribution in [0.3, 0.4) is 0 Å². The van der Waals surface area contributed by atoms with Gasteiger partial charge >= 0.3 is 5.97 Å². The Labute approximate surface area is 278 Å². The van der Waals surface area contributed by atoms with Crippen molar-refractivity contribution in [2.75, 3.05) is 18.1 Å². The molecule has 0 spiro atoms. The second-order valence-corrected chi connectivity index (χ2v) is 14.5. The smallest absolute Gasteiger partial charge is 0.306 e. The molecular weight excluding hydrogens is 636 g/mol. The van der Waals surface area contributed by atoms with Crippen LogP contribution < -0.4 is 4.74 Å². The van der Waals surface area contributed by atoms with Gasteiger partial charge in [-0.05, 0) is 68.0 Å². The minimum Gasteiger partial charge on any atom is -0.466 e. The molecule has 252 valence electrons. The summed E-state index contributed by atoms with van der Waals surface area (Å²) in [7, 11) is -3.42. The van der Waals surface area contributed by atoms with Crippen LogP contribution in [-0.2, 0) is 32.2 Å². The zero-order valence-corrected chi connectivity index (χ0v) is 27.7. The third kappa shape index (κ3) is 7.78. The highest BCUT2D eigenvalue weighted by molar-refractivity contribution is 7.91. The predicted molar refractivity (Wildman–Crippen MR) is 181 cm³/mol. The van der Waals surface area contributed by atoms with Crippen LogP contribution in [0.25, 0.3) is 22.3 Å². The van der Waals surface area contributed by atoms with Gasteiger partial charge in [-0.3, -0.25) is 4.79 Å². The van der Waals surface area contributed by atoms with Gasteiger partial charge in [-0.1, -0.05) is 43.5 Å². The fourth-order valence-corrected chi connectivity index (χ4v) is 7.79. The quantitative estimate of drug-likeness (QED) is 0.182. The minimum atomic E-state index is -3.42. The van der Waals surface area contributed by atoms with Gasteiger partial charge in [0, 0.05) is 53.0 Å². The predicted octanol–water partition coefficient (Wildman–Crippen LogP) is 8.18. The highest BCUT2D eigenvalue weighted by Gasteiger charge is 2.23. The van der Waals surface area contributed by atoms with Crippen LogP contribution in [0.15, 0.2) is 67.0 Å². The van der Waals surface area contributed by atoms with Crippen molar-refractivity contribution in [1.29, 1.82) is 0 Å². The lowest BCUT2D eigenvalue weighted by Gasteiger charge is -2.17. The van der Waals surface area contributed by atoms with Gasteiger partial charge in [0.2, 0.25) is 0 Å². The van der Waals surface area contributed by atoms with Gasteiger partial charge in [0.1, 0.15) is 17.4 Å². The van der Waals surface area contributed by atoms with Gasteiger partial charge in [0.15, 0.2) is 21.4 Å². The van der Waals surface area contributed by atoms with Crippen molar-refractivity contribution < 1.29 is 31.5 Å². The second kappa shape index (κ2) is 14.7. The van der Waals surface area contributed by atoms with Crippen molar-refractivity contribution in [2.45, 2.75) is 64.2 Å². The molecule has 0 saturated heterocycles. The molecule has 2 N–H and O–H groups in total. The molecule has 4 bridgehead atoms. The largest absolute Gasteiger partial charge is 0.466 e. The fourth-order valence-electron chi connectivity index (χ4n) is 6.43. The van der Waals surface area contributed by atoms with Crippen molar-refractivity contribution in [2.24, 2.45) is 0 Å². The Bertz CT molecular complexity index is 2020. The average Bonchev–Trinajstić information content (AvgIpc) is 3.74. The number of esters is 1. The Morgan fingerprint density at radius 1 is 1.02 bits per heavy atom. The number of aryl methyl sites for hydroxylation is 2. The maximum Gasteiger partial charge on any atom is 0.306 e. The molecule has 1 aliphatic heterocycles. The van der Waals surface area contributed by atoms with E-state index in [2.05, 4.69) is 21.0 Å². The van der Waals surface area contributed by atoms with Crippen LogP contribution in [0, 0.1) is 11.6 Å². The number of benzene rings is 3. The first kappa shape index (κ1) is 33.4. The monoisotopic (exact) mass is 675 g/mol. The van der Waals surface area contributed by atoms with E-state index in [-0.39, 0.29) is 53.3 Å². The number of carbonyl (C=O) groups is 1. The molecule has 8 nitrogen and oxygen atoms in total. The number of halogens is 2. The van der Waals surface area contributed by atoms with E-state index in [1.165, 1.54) is 24.3 Å².